The Morgan fingerprint density at radius 2 is 1.79 bits per heavy atom. The van der Waals surface area contributed by atoms with Crippen LogP contribution >= 0.6 is 0 Å². The average Bonchev–Trinajstić information content (AvgIpc) is 2.59. The first-order valence-corrected chi connectivity index (χ1v) is 7.22. The van der Waals surface area contributed by atoms with Crippen LogP contribution in [0, 0.1) is 5.82 Å². The fraction of sp³-hybridized carbons (Fsp3) is 0.111. The molecule has 0 aliphatic carbocycles. The Morgan fingerprint density at radius 3 is 2.62 bits per heavy atom. The highest BCUT2D eigenvalue weighted by Crippen LogP contribution is 2.15. The van der Waals surface area contributed by atoms with Gasteiger partial charge in [-0.05, 0) is 24.3 Å². The van der Waals surface area contributed by atoms with Gasteiger partial charge in [0.1, 0.15) is 24.4 Å². The fourth-order valence-corrected chi connectivity index (χ4v) is 2.13. The molecule has 0 atom stereocenters. The van der Waals surface area contributed by atoms with Crippen LogP contribution in [0.3, 0.4) is 0 Å². The molecule has 2 aromatic carbocycles. The Balaban J connectivity index is 1.62. The molecule has 6 heteroatoms. The summed E-state index contributed by atoms with van der Waals surface area (Å²) in [6.45, 7) is -0.162. The van der Waals surface area contributed by atoms with Gasteiger partial charge in [-0.15, -0.1) is 0 Å². The highest BCUT2D eigenvalue weighted by atomic mass is 19.1. The number of benzene rings is 2. The quantitative estimate of drug-likeness (QED) is 0.409. The van der Waals surface area contributed by atoms with Crippen LogP contribution < -0.4 is 10.4 Å². The van der Waals surface area contributed by atoms with E-state index >= 15 is 0 Å². The first-order chi connectivity index (χ1) is 11.6. The molecule has 0 fully saturated rings. The number of ether oxygens (including phenoxy) is 2. The van der Waals surface area contributed by atoms with Crippen LogP contribution in [0.1, 0.15) is 10.4 Å². The summed E-state index contributed by atoms with van der Waals surface area (Å²) in [4.78, 5) is 23.8. The molecule has 0 bridgehead atoms. The summed E-state index contributed by atoms with van der Waals surface area (Å²) in [5.74, 6) is -1.25. The maximum absolute atomic E-state index is 13.4. The predicted molar refractivity (Wildman–Crippen MR) is 84.7 cm³/mol. The molecule has 24 heavy (non-hydrogen) atoms. The highest BCUT2D eigenvalue weighted by Gasteiger charge is 2.15. The normalized spacial score (nSPS) is 10.5. The fourth-order valence-electron chi connectivity index (χ4n) is 2.13. The zero-order valence-corrected chi connectivity index (χ0v) is 12.5. The summed E-state index contributed by atoms with van der Waals surface area (Å²) in [6.07, 6.45) is 0. The van der Waals surface area contributed by atoms with Gasteiger partial charge in [0.25, 0.3) is 0 Å². The molecule has 3 rings (SSSR count). The molecular formula is C18H13FO5. The van der Waals surface area contributed by atoms with Crippen LogP contribution in [0.15, 0.2) is 63.8 Å². The van der Waals surface area contributed by atoms with Crippen LogP contribution in [-0.2, 0) is 4.74 Å². The SMILES string of the molecule is O=C(OCCOc1ccccc1F)c1cc2ccccc2oc1=O. The van der Waals surface area contributed by atoms with Gasteiger partial charge >= 0.3 is 11.6 Å². The van der Waals surface area contributed by atoms with Crippen molar-refractivity contribution >= 4 is 16.9 Å². The van der Waals surface area contributed by atoms with Gasteiger partial charge < -0.3 is 13.9 Å². The molecule has 0 saturated heterocycles. The molecule has 3 aromatic rings. The number of hydrogen-bond donors (Lipinski definition) is 0. The monoisotopic (exact) mass is 328 g/mol. The predicted octanol–water partition coefficient (Wildman–Crippen LogP) is 3.17. The highest BCUT2D eigenvalue weighted by molar-refractivity contribution is 5.92. The molecule has 1 aromatic heterocycles. The number of fused-ring (bicyclic) bond motifs is 1. The molecule has 0 unspecified atom stereocenters. The minimum atomic E-state index is -0.813. The van der Waals surface area contributed by atoms with E-state index in [0.717, 1.165) is 0 Å². The summed E-state index contributed by atoms with van der Waals surface area (Å²) in [6, 6.07) is 14.2. The van der Waals surface area contributed by atoms with E-state index in [2.05, 4.69) is 0 Å². The van der Waals surface area contributed by atoms with Gasteiger partial charge in [-0.25, -0.2) is 14.0 Å². The number of hydrogen-bond acceptors (Lipinski definition) is 5. The minimum Gasteiger partial charge on any atom is -0.487 e. The van der Waals surface area contributed by atoms with Crippen molar-refractivity contribution in [3.8, 4) is 5.75 Å². The number of carbonyl (C=O) groups is 1. The Hall–Kier alpha value is -3.15. The lowest BCUT2D eigenvalue weighted by Gasteiger charge is -2.08. The maximum atomic E-state index is 13.4. The number of carbonyl (C=O) groups excluding carboxylic acids is 1. The Kier molecular flexibility index (Phi) is 4.56. The van der Waals surface area contributed by atoms with Crippen LogP contribution in [0.4, 0.5) is 4.39 Å². The van der Waals surface area contributed by atoms with E-state index in [9.17, 15) is 14.0 Å². The van der Waals surface area contributed by atoms with Gasteiger partial charge in [0.15, 0.2) is 11.6 Å². The molecule has 122 valence electrons. The molecule has 0 spiro atoms. The zero-order chi connectivity index (χ0) is 16.9. The topological polar surface area (TPSA) is 65.7 Å². The van der Waals surface area contributed by atoms with Crippen molar-refractivity contribution < 1.29 is 23.1 Å². The van der Waals surface area contributed by atoms with E-state index in [-0.39, 0.29) is 24.5 Å². The molecular weight excluding hydrogens is 315 g/mol. The molecule has 0 saturated carbocycles. The molecule has 0 aliphatic rings. The van der Waals surface area contributed by atoms with Crippen molar-refractivity contribution in [1.29, 1.82) is 0 Å². The van der Waals surface area contributed by atoms with Gasteiger partial charge in [0.2, 0.25) is 0 Å². The molecule has 0 aliphatic heterocycles. The van der Waals surface area contributed by atoms with Crippen LogP contribution in [-0.4, -0.2) is 19.2 Å². The molecule has 5 nitrogen and oxygen atoms in total. The first-order valence-electron chi connectivity index (χ1n) is 7.22. The maximum Gasteiger partial charge on any atom is 0.351 e. The second-order valence-electron chi connectivity index (χ2n) is 4.90. The van der Waals surface area contributed by atoms with Gasteiger partial charge in [0, 0.05) is 5.39 Å². The standard InChI is InChI=1S/C18H13FO5/c19-14-6-2-4-8-16(14)22-9-10-23-17(20)13-11-12-5-1-3-7-15(12)24-18(13)21/h1-8,11H,9-10H2. The van der Waals surface area contributed by atoms with E-state index in [1.165, 1.54) is 18.2 Å². The van der Waals surface area contributed by atoms with Crippen LogP contribution in [0.25, 0.3) is 11.0 Å². The zero-order valence-electron chi connectivity index (χ0n) is 12.5. The van der Waals surface area contributed by atoms with Crippen LogP contribution in [0.5, 0.6) is 5.75 Å². The van der Waals surface area contributed by atoms with Crippen molar-refractivity contribution in [2.75, 3.05) is 13.2 Å². The molecule has 0 radical (unpaired) electrons. The summed E-state index contributed by atoms with van der Waals surface area (Å²) in [5, 5.41) is 0.617. The Labute approximate surface area is 136 Å². The summed E-state index contributed by atoms with van der Waals surface area (Å²) >= 11 is 0. The second-order valence-corrected chi connectivity index (χ2v) is 4.90. The van der Waals surface area contributed by atoms with Gasteiger partial charge in [-0.1, -0.05) is 30.3 Å². The summed E-state index contributed by atoms with van der Waals surface area (Å²) in [5.41, 5.74) is -0.574. The van der Waals surface area contributed by atoms with Crippen molar-refractivity contribution in [3.63, 3.8) is 0 Å². The molecule has 1 heterocycles. The third-order valence-electron chi connectivity index (χ3n) is 3.27. The number of rotatable bonds is 5. The van der Waals surface area contributed by atoms with Gasteiger partial charge in [-0.2, -0.15) is 0 Å². The van der Waals surface area contributed by atoms with Crippen molar-refractivity contribution in [1.82, 2.24) is 0 Å². The van der Waals surface area contributed by atoms with E-state index in [1.807, 2.05) is 0 Å². The third-order valence-corrected chi connectivity index (χ3v) is 3.27. The molecule has 0 N–H and O–H groups in total. The number of halogens is 1. The Bertz CT molecular complexity index is 932. The van der Waals surface area contributed by atoms with Gasteiger partial charge in [0.05, 0.1) is 0 Å². The van der Waals surface area contributed by atoms with E-state index in [4.69, 9.17) is 13.9 Å². The molecule has 0 amide bonds. The minimum absolute atomic E-state index is 0.0361. The van der Waals surface area contributed by atoms with E-state index < -0.39 is 17.4 Å². The Morgan fingerprint density at radius 1 is 1.04 bits per heavy atom. The smallest absolute Gasteiger partial charge is 0.351 e. The van der Waals surface area contributed by atoms with Crippen LogP contribution in [0.2, 0.25) is 0 Å². The lowest BCUT2D eigenvalue weighted by molar-refractivity contribution is 0.0444. The van der Waals surface area contributed by atoms with Crippen molar-refractivity contribution in [2.24, 2.45) is 0 Å². The second kappa shape index (κ2) is 6.95. The number of esters is 1. The van der Waals surface area contributed by atoms with Crippen molar-refractivity contribution in [2.45, 2.75) is 0 Å². The summed E-state index contributed by atoms with van der Waals surface area (Å²) < 4.78 is 28.6. The summed E-state index contributed by atoms with van der Waals surface area (Å²) in [7, 11) is 0. The van der Waals surface area contributed by atoms with E-state index in [1.54, 1.807) is 36.4 Å². The van der Waals surface area contributed by atoms with E-state index in [0.29, 0.717) is 11.0 Å². The largest absolute Gasteiger partial charge is 0.487 e. The van der Waals surface area contributed by atoms with Crippen molar-refractivity contribution in [3.05, 3.63) is 76.4 Å². The third kappa shape index (κ3) is 3.43. The number of para-hydroxylation sites is 2. The van der Waals surface area contributed by atoms with Gasteiger partial charge in [-0.3, -0.25) is 0 Å². The lowest BCUT2D eigenvalue weighted by Crippen LogP contribution is -2.19. The lowest BCUT2D eigenvalue weighted by atomic mass is 10.2. The first kappa shape index (κ1) is 15.7. The average molecular weight is 328 g/mol.